The number of halogens is 1. The van der Waals surface area contributed by atoms with Gasteiger partial charge in [-0.2, -0.15) is 0 Å². The first-order valence-corrected chi connectivity index (χ1v) is 9.08. The molecule has 2 N–H and O–H groups in total. The van der Waals surface area contributed by atoms with Crippen LogP contribution >= 0.6 is 0 Å². The van der Waals surface area contributed by atoms with Gasteiger partial charge in [0.1, 0.15) is 11.6 Å². The van der Waals surface area contributed by atoms with Crippen LogP contribution in [0.3, 0.4) is 0 Å². The maximum Gasteiger partial charge on any atom is 0.338 e. The summed E-state index contributed by atoms with van der Waals surface area (Å²) < 4.78 is 18.6. The van der Waals surface area contributed by atoms with Crippen LogP contribution in [0.15, 0.2) is 66.9 Å². The Morgan fingerprint density at radius 2 is 1.72 bits per heavy atom. The summed E-state index contributed by atoms with van der Waals surface area (Å²) in [5.74, 6) is -0.497. The van der Waals surface area contributed by atoms with Crippen LogP contribution in [0.2, 0.25) is 0 Å². The topological polar surface area (TPSA) is 80.3 Å². The minimum Gasteiger partial charge on any atom is -0.462 e. The molecule has 2 aromatic carbocycles. The Morgan fingerprint density at radius 1 is 1.00 bits per heavy atom. The molecule has 0 aliphatic rings. The molecule has 7 heteroatoms. The number of hydrogen-bond donors (Lipinski definition) is 2. The Hall–Kier alpha value is -3.74. The van der Waals surface area contributed by atoms with Crippen LogP contribution in [0, 0.1) is 5.82 Å². The van der Waals surface area contributed by atoms with Gasteiger partial charge in [-0.15, -0.1) is 0 Å². The zero-order valence-corrected chi connectivity index (χ0v) is 15.8. The minimum absolute atomic E-state index is 0.287. The van der Waals surface area contributed by atoms with Crippen molar-refractivity contribution in [3.8, 4) is 0 Å². The summed E-state index contributed by atoms with van der Waals surface area (Å²) in [5, 5.41) is 5.76. The van der Waals surface area contributed by atoms with Crippen molar-refractivity contribution in [2.45, 2.75) is 13.5 Å². The number of aromatic nitrogens is 1. The molecule has 0 bridgehead atoms. The van der Waals surface area contributed by atoms with Gasteiger partial charge in [-0.05, 0) is 49.4 Å². The summed E-state index contributed by atoms with van der Waals surface area (Å²) >= 11 is 0. The molecule has 1 amide bonds. The van der Waals surface area contributed by atoms with Gasteiger partial charge < -0.3 is 15.4 Å². The average molecular weight is 393 g/mol. The number of benzene rings is 2. The summed E-state index contributed by atoms with van der Waals surface area (Å²) in [4.78, 5) is 28.2. The zero-order valence-electron chi connectivity index (χ0n) is 15.8. The predicted octanol–water partition coefficient (Wildman–Crippen LogP) is 4.26. The van der Waals surface area contributed by atoms with E-state index in [2.05, 4.69) is 15.6 Å². The molecular weight excluding hydrogens is 373 g/mol. The van der Waals surface area contributed by atoms with Crippen molar-refractivity contribution >= 4 is 23.4 Å². The third-order valence-electron chi connectivity index (χ3n) is 4.10. The van der Waals surface area contributed by atoms with Crippen molar-refractivity contribution in [2.24, 2.45) is 0 Å². The molecule has 0 aliphatic heterocycles. The fraction of sp³-hybridized carbons (Fsp3) is 0.136. The van der Waals surface area contributed by atoms with Crippen LogP contribution in [-0.2, 0) is 11.3 Å². The van der Waals surface area contributed by atoms with Gasteiger partial charge in [0, 0.05) is 24.0 Å². The standard InChI is InChI=1S/C22H20FN3O3/c1-2-29-22(28)15-7-10-18(11-8-15)26-21(27)17-9-12-20(25-14-17)24-13-16-5-3-4-6-19(16)23/h3-12,14H,2,13H2,1H3,(H,24,25)(H,26,27). The van der Waals surface area contributed by atoms with Crippen LogP contribution < -0.4 is 10.6 Å². The molecule has 3 rings (SSSR count). The second-order valence-corrected chi connectivity index (χ2v) is 6.13. The lowest BCUT2D eigenvalue weighted by atomic mass is 10.2. The number of esters is 1. The highest BCUT2D eigenvalue weighted by Crippen LogP contribution is 2.14. The molecule has 0 fully saturated rings. The van der Waals surface area contributed by atoms with Crippen LogP contribution in [-0.4, -0.2) is 23.5 Å². The third kappa shape index (κ3) is 5.38. The van der Waals surface area contributed by atoms with E-state index in [1.807, 2.05) is 0 Å². The van der Waals surface area contributed by atoms with E-state index in [0.717, 1.165) is 0 Å². The van der Waals surface area contributed by atoms with Crippen LogP contribution in [0.5, 0.6) is 0 Å². The van der Waals surface area contributed by atoms with E-state index in [1.165, 1.54) is 12.3 Å². The number of nitrogens with zero attached hydrogens (tertiary/aromatic N) is 1. The molecule has 1 heterocycles. The van der Waals surface area contributed by atoms with Gasteiger partial charge >= 0.3 is 5.97 Å². The fourth-order valence-corrected chi connectivity index (χ4v) is 2.57. The van der Waals surface area contributed by atoms with Gasteiger partial charge in [-0.1, -0.05) is 18.2 Å². The molecule has 6 nitrogen and oxygen atoms in total. The first-order valence-electron chi connectivity index (χ1n) is 9.08. The van der Waals surface area contributed by atoms with Crippen molar-refractivity contribution in [1.82, 2.24) is 4.98 Å². The molecule has 0 saturated heterocycles. The second-order valence-electron chi connectivity index (χ2n) is 6.13. The lowest BCUT2D eigenvalue weighted by Crippen LogP contribution is -2.13. The van der Waals surface area contributed by atoms with Gasteiger partial charge in [-0.3, -0.25) is 4.79 Å². The lowest BCUT2D eigenvalue weighted by molar-refractivity contribution is 0.0526. The summed E-state index contributed by atoms with van der Waals surface area (Å²) in [6.45, 7) is 2.33. The Labute approximate surface area is 167 Å². The van der Waals surface area contributed by atoms with E-state index in [-0.39, 0.29) is 18.3 Å². The van der Waals surface area contributed by atoms with E-state index in [1.54, 1.807) is 61.5 Å². The zero-order chi connectivity index (χ0) is 20.6. The average Bonchev–Trinajstić information content (AvgIpc) is 2.74. The quantitative estimate of drug-likeness (QED) is 0.586. The van der Waals surface area contributed by atoms with E-state index < -0.39 is 5.97 Å². The minimum atomic E-state index is -0.409. The van der Waals surface area contributed by atoms with E-state index in [0.29, 0.717) is 34.8 Å². The fourth-order valence-electron chi connectivity index (χ4n) is 2.57. The Balaban J connectivity index is 1.57. The summed E-state index contributed by atoms with van der Waals surface area (Å²) in [5.41, 5.74) is 1.86. The van der Waals surface area contributed by atoms with E-state index >= 15 is 0 Å². The summed E-state index contributed by atoms with van der Waals surface area (Å²) in [6, 6.07) is 16.2. The summed E-state index contributed by atoms with van der Waals surface area (Å²) in [7, 11) is 0. The number of carbonyl (C=O) groups excluding carboxylic acids is 2. The van der Waals surface area contributed by atoms with Gasteiger partial charge in [0.2, 0.25) is 0 Å². The number of amides is 1. The smallest absolute Gasteiger partial charge is 0.338 e. The van der Waals surface area contributed by atoms with Crippen molar-refractivity contribution in [3.63, 3.8) is 0 Å². The van der Waals surface area contributed by atoms with Crippen molar-refractivity contribution in [1.29, 1.82) is 0 Å². The van der Waals surface area contributed by atoms with Crippen molar-refractivity contribution in [2.75, 3.05) is 17.2 Å². The Kier molecular flexibility index (Phi) is 6.52. The number of nitrogens with one attached hydrogen (secondary N) is 2. The van der Waals surface area contributed by atoms with Crippen LogP contribution in [0.4, 0.5) is 15.9 Å². The van der Waals surface area contributed by atoms with Gasteiger partial charge in [0.15, 0.2) is 0 Å². The SMILES string of the molecule is CCOC(=O)c1ccc(NC(=O)c2ccc(NCc3ccccc3F)nc2)cc1. The Bertz CT molecular complexity index is 989. The molecule has 3 aromatic rings. The molecule has 0 unspecified atom stereocenters. The third-order valence-corrected chi connectivity index (χ3v) is 4.10. The largest absolute Gasteiger partial charge is 0.462 e. The molecule has 0 radical (unpaired) electrons. The molecular formula is C22H20FN3O3. The van der Waals surface area contributed by atoms with E-state index in [9.17, 15) is 14.0 Å². The number of carbonyl (C=O) groups is 2. The molecule has 0 spiro atoms. The molecule has 0 saturated carbocycles. The molecule has 148 valence electrons. The highest BCUT2D eigenvalue weighted by Gasteiger charge is 2.09. The first-order chi connectivity index (χ1) is 14.1. The van der Waals surface area contributed by atoms with Gasteiger partial charge in [-0.25, -0.2) is 14.2 Å². The lowest BCUT2D eigenvalue weighted by Gasteiger charge is -2.09. The maximum absolute atomic E-state index is 13.6. The molecule has 0 atom stereocenters. The van der Waals surface area contributed by atoms with Crippen LogP contribution in [0.1, 0.15) is 33.2 Å². The number of pyridine rings is 1. The number of anilines is 2. The monoisotopic (exact) mass is 393 g/mol. The molecule has 0 aliphatic carbocycles. The molecule has 29 heavy (non-hydrogen) atoms. The van der Waals surface area contributed by atoms with E-state index in [4.69, 9.17) is 4.74 Å². The number of hydrogen-bond acceptors (Lipinski definition) is 5. The number of rotatable bonds is 7. The normalized spacial score (nSPS) is 10.3. The predicted molar refractivity (Wildman–Crippen MR) is 108 cm³/mol. The summed E-state index contributed by atoms with van der Waals surface area (Å²) in [6.07, 6.45) is 1.44. The van der Waals surface area contributed by atoms with Crippen molar-refractivity contribution in [3.05, 3.63) is 89.4 Å². The highest BCUT2D eigenvalue weighted by molar-refractivity contribution is 6.04. The number of ether oxygens (including phenoxy) is 1. The van der Waals surface area contributed by atoms with Crippen LogP contribution in [0.25, 0.3) is 0 Å². The first kappa shape index (κ1) is 20.0. The maximum atomic E-state index is 13.6. The Morgan fingerprint density at radius 3 is 2.38 bits per heavy atom. The second kappa shape index (κ2) is 9.45. The highest BCUT2D eigenvalue weighted by atomic mass is 19.1. The van der Waals surface area contributed by atoms with Gasteiger partial charge in [0.05, 0.1) is 17.7 Å². The van der Waals surface area contributed by atoms with Gasteiger partial charge in [0.25, 0.3) is 5.91 Å². The molecule has 1 aromatic heterocycles. The van der Waals surface area contributed by atoms with Crippen molar-refractivity contribution < 1.29 is 18.7 Å².